The van der Waals surface area contributed by atoms with Crippen LogP contribution in [0.25, 0.3) is 72.4 Å². The van der Waals surface area contributed by atoms with E-state index >= 15 is 0 Å². The third kappa shape index (κ3) is 3.83. The van der Waals surface area contributed by atoms with Crippen LogP contribution in [0.3, 0.4) is 0 Å². The molecular formula is C45H35N3Si. The fourth-order valence-corrected chi connectivity index (χ4v) is 11.7. The molecule has 2 aromatic heterocycles. The van der Waals surface area contributed by atoms with Crippen molar-refractivity contribution in [1.29, 1.82) is 0 Å². The molecule has 4 heteroatoms. The minimum Gasteiger partial charge on any atom is -0.309 e. The van der Waals surface area contributed by atoms with Crippen LogP contribution in [0.5, 0.6) is 0 Å². The first-order valence-electron chi connectivity index (χ1n) is 17.2. The predicted octanol–water partition coefficient (Wildman–Crippen LogP) is 10.0. The maximum absolute atomic E-state index is 5.47. The van der Waals surface area contributed by atoms with E-state index in [-0.39, 0.29) is 5.41 Å². The monoisotopic (exact) mass is 645 g/mol. The number of aromatic nitrogens is 3. The van der Waals surface area contributed by atoms with Gasteiger partial charge in [-0.3, -0.25) is 0 Å². The van der Waals surface area contributed by atoms with Crippen molar-refractivity contribution in [2.45, 2.75) is 32.4 Å². The van der Waals surface area contributed by atoms with Crippen molar-refractivity contribution in [2.24, 2.45) is 0 Å². The zero-order valence-electron chi connectivity index (χ0n) is 28.1. The van der Waals surface area contributed by atoms with Crippen LogP contribution < -0.4 is 10.5 Å². The van der Waals surface area contributed by atoms with Gasteiger partial charge in [-0.2, -0.15) is 0 Å². The van der Waals surface area contributed by atoms with E-state index in [2.05, 4.69) is 171 Å². The van der Waals surface area contributed by atoms with Gasteiger partial charge < -0.3 is 4.57 Å². The summed E-state index contributed by atoms with van der Waals surface area (Å²) in [5, 5.41) is 5.19. The summed E-state index contributed by atoms with van der Waals surface area (Å²) in [4.78, 5) is 10.9. The molecule has 6 aromatic carbocycles. The Labute approximate surface area is 287 Å². The number of rotatable bonds is 3. The van der Waals surface area contributed by atoms with Crippen LogP contribution in [-0.4, -0.2) is 22.6 Å². The van der Waals surface area contributed by atoms with E-state index in [9.17, 15) is 0 Å². The van der Waals surface area contributed by atoms with Gasteiger partial charge >= 0.3 is 0 Å². The van der Waals surface area contributed by atoms with Crippen LogP contribution in [-0.2, 0) is 5.41 Å². The van der Waals surface area contributed by atoms with Crippen molar-refractivity contribution < 1.29 is 0 Å². The maximum Gasteiger partial charge on any atom is 0.159 e. The van der Waals surface area contributed by atoms with Gasteiger partial charge in [0.1, 0.15) is 8.07 Å². The van der Waals surface area contributed by atoms with Crippen LogP contribution in [0, 0.1) is 0 Å². The van der Waals surface area contributed by atoms with Gasteiger partial charge in [-0.05, 0) is 45.6 Å². The Morgan fingerprint density at radius 1 is 0.571 bits per heavy atom. The summed E-state index contributed by atoms with van der Waals surface area (Å²) < 4.78 is 2.48. The Morgan fingerprint density at radius 2 is 1.29 bits per heavy atom. The molecular weight excluding hydrogens is 611 g/mol. The van der Waals surface area contributed by atoms with Gasteiger partial charge in [-0.25, -0.2) is 9.97 Å². The highest BCUT2D eigenvalue weighted by Crippen LogP contribution is 2.53. The predicted molar refractivity (Wildman–Crippen MR) is 207 cm³/mol. The minimum absolute atomic E-state index is 0.0797. The molecule has 0 fully saturated rings. The molecule has 234 valence electrons. The molecule has 0 saturated heterocycles. The molecule has 1 aliphatic heterocycles. The summed E-state index contributed by atoms with van der Waals surface area (Å²) in [5.74, 6) is 0.783. The van der Waals surface area contributed by atoms with Gasteiger partial charge in [0.25, 0.3) is 0 Å². The fraction of sp³-hybridized carbons (Fsp3) is 0.111. The van der Waals surface area contributed by atoms with E-state index in [0.29, 0.717) is 0 Å². The van der Waals surface area contributed by atoms with E-state index in [1.807, 2.05) is 0 Å². The van der Waals surface area contributed by atoms with Gasteiger partial charge in [0.2, 0.25) is 0 Å². The van der Waals surface area contributed by atoms with Gasteiger partial charge in [-0.15, -0.1) is 0 Å². The molecule has 0 bridgehead atoms. The minimum atomic E-state index is -2.06. The van der Waals surface area contributed by atoms with Gasteiger partial charge in [-0.1, -0.05) is 148 Å². The average Bonchev–Trinajstić information content (AvgIpc) is 3.69. The number of hydrogen-bond donors (Lipinski definition) is 0. The quantitative estimate of drug-likeness (QED) is 0.179. The van der Waals surface area contributed by atoms with Crippen LogP contribution in [0.2, 0.25) is 13.1 Å². The molecule has 3 heterocycles. The Hall–Kier alpha value is -5.58. The van der Waals surface area contributed by atoms with Crippen LogP contribution >= 0.6 is 0 Å². The summed E-state index contributed by atoms with van der Waals surface area (Å²) in [5.41, 5.74) is 14.6. The Kier molecular flexibility index (Phi) is 5.79. The average molecular weight is 646 g/mol. The molecule has 10 rings (SSSR count). The number of nitrogens with zero attached hydrogens (tertiary/aromatic N) is 3. The molecule has 0 spiro atoms. The third-order valence-electron chi connectivity index (χ3n) is 11.2. The van der Waals surface area contributed by atoms with Crippen molar-refractivity contribution in [1.82, 2.24) is 14.5 Å². The summed E-state index contributed by atoms with van der Waals surface area (Å²) in [6, 6.07) is 50.9. The first-order chi connectivity index (χ1) is 23.8. The molecule has 0 amide bonds. The van der Waals surface area contributed by atoms with E-state index in [4.69, 9.17) is 9.97 Å². The normalized spacial score (nSPS) is 14.9. The molecule has 0 N–H and O–H groups in total. The SMILES string of the molecule is CC1(C)c2ccccc2-c2c1ccc1c3ccccc3n(-c3cccc(-c4nc(-c5ccccc5)c5c(n4)[Si](C)(C)c4ccccc4-5)c3)c21. The molecule has 49 heavy (non-hydrogen) atoms. The summed E-state index contributed by atoms with van der Waals surface area (Å²) in [6.07, 6.45) is 0. The summed E-state index contributed by atoms with van der Waals surface area (Å²) >= 11 is 0. The van der Waals surface area contributed by atoms with Crippen LogP contribution in [0.15, 0.2) is 140 Å². The van der Waals surface area contributed by atoms with E-state index in [1.165, 1.54) is 65.7 Å². The highest BCUT2D eigenvalue weighted by Gasteiger charge is 2.41. The maximum atomic E-state index is 5.47. The molecule has 0 atom stereocenters. The van der Waals surface area contributed by atoms with E-state index in [0.717, 1.165) is 28.3 Å². The molecule has 0 unspecified atom stereocenters. The Bertz CT molecular complexity index is 2660. The standard InChI is InChI=1S/C45H35N3Si/c1-45(2)35-22-11-8-20-33(35)39-36(45)26-25-32-31-19-9-12-23-37(31)48(42(32)39)30-18-14-17-29(27-30)43-46-41(28-15-6-5-7-16-28)40-34-21-10-13-24-38(34)49(3,4)44(40)47-43/h5-27H,1-4H3. The second kappa shape index (κ2) is 9.97. The molecule has 2 aliphatic rings. The molecule has 3 nitrogen and oxygen atoms in total. The van der Waals surface area contributed by atoms with Crippen LogP contribution in [0.1, 0.15) is 25.0 Å². The highest BCUT2D eigenvalue weighted by atomic mass is 28.3. The lowest BCUT2D eigenvalue weighted by Crippen LogP contribution is -2.50. The molecule has 8 aromatic rings. The topological polar surface area (TPSA) is 30.7 Å². The first-order valence-corrected chi connectivity index (χ1v) is 20.2. The van der Waals surface area contributed by atoms with Crippen LogP contribution in [0.4, 0.5) is 0 Å². The molecule has 0 saturated carbocycles. The fourth-order valence-electron chi connectivity index (χ4n) is 8.77. The number of benzene rings is 6. The van der Waals surface area contributed by atoms with Crippen molar-refractivity contribution in [3.63, 3.8) is 0 Å². The molecule has 1 aliphatic carbocycles. The second-order valence-corrected chi connectivity index (χ2v) is 18.9. The van der Waals surface area contributed by atoms with Gasteiger partial charge in [0.05, 0.1) is 16.7 Å². The van der Waals surface area contributed by atoms with Crippen molar-refractivity contribution in [3.8, 4) is 50.6 Å². The summed E-state index contributed by atoms with van der Waals surface area (Å²) in [6.45, 7) is 9.57. The lowest BCUT2D eigenvalue weighted by atomic mass is 9.82. The van der Waals surface area contributed by atoms with E-state index < -0.39 is 8.07 Å². The zero-order chi connectivity index (χ0) is 33.1. The largest absolute Gasteiger partial charge is 0.309 e. The summed E-state index contributed by atoms with van der Waals surface area (Å²) in [7, 11) is -2.06. The van der Waals surface area contributed by atoms with Crippen molar-refractivity contribution in [3.05, 3.63) is 151 Å². The van der Waals surface area contributed by atoms with Gasteiger partial charge in [0, 0.05) is 49.4 Å². The lowest BCUT2D eigenvalue weighted by Gasteiger charge is -2.21. The Morgan fingerprint density at radius 3 is 2.14 bits per heavy atom. The number of hydrogen-bond acceptors (Lipinski definition) is 2. The Balaban J connectivity index is 1.24. The third-order valence-corrected chi connectivity index (χ3v) is 14.5. The van der Waals surface area contributed by atoms with Crippen molar-refractivity contribution >= 4 is 40.4 Å². The number of para-hydroxylation sites is 1. The highest BCUT2D eigenvalue weighted by molar-refractivity contribution is 7.03. The zero-order valence-corrected chi connectivity index (χ0v) is 29.1. The van der Waals surface area contributed by atoms with Gasteiger partial charge in [0.15, 0.2) is 5.82 Å². The number of fused-ring (bicyclic) bond motifs is 10. The van der Waals surface area contributed by atoms with E-state index in [1.54, 1.807) is 0 Å². The molecule has 0 radical (unpaired) electrons. The second-order valence-electron chi connectivity index (χ2n) is 14.6. The van der Waals surface area contributed by atoms with Crippen molar-refractivity contribution in [2.75, 3.05) is 0 Å². The lowest BCUT2D eigenvalue weighted by molar-refractivity contribution is 0.661. The smallest absolute Gasteiger partial charge is 0.159 e. The first kappa shape index (κ1) is 28.4.